The summed E-state index contributed by atoms with van der Waals surface area (Å²) in [7, 11) is 0. The second kappa shape index (κ2) is 7.66. The van der Waals surface area contributed by atoms with Crippen molar-refractivity contribution in [2.45, 2.75) is 38.5 Å². The van der Waals surface area contributed by atoms with E-state index in [4.69, 9.17) is 0 Å². The Hall–Kier alpha value is -2.73. The van der Waals surface area contributed by atoms with Gasteiger partial charge in [0.1, 0.15) is 5.82 Å². The number of nitrogens with one attached hydrogen (secondary N) is 3. The number of carbonyl (C=O) groups is 2. The van der Waals surface area contributed by atoms with E-state index in [9.17, 15) is 14.0 Å². The highest BCUT2D eigenvalue weighted by Gasteiger charge is 2.29. The van der Waals surface area contributed by atoms with Crippen molar-refractivity contribution in [1.82, 2.24) is 16.0 Å². The molecular weight excluding hydrogens is 333 g/mol. The van der Waals surface area contributed by atoms with Gasteiger partial charge < -0.3 is 10.6 Å². The molecule has 3 rings (SSSR count). The van der Waals surface area contributed by atoms with Crippen LogP contribution in [0.15, 0.2) is 48.5 Å². The summed E-state index contributed by atoms with van der Waals surface area (Å²) in [6.07, 6.45) is -0.102. The normalized spacial score (nSPS) is 21.0. The molecule has 1 saturated heterocycles. The molecule has 2 unspecified atom stereocenters. The van der Waals surface area contributed by atoms with Crippen molar-refractivity contribution >= 4 is 11.8 Å². The number of amides is 2. The molecule has 0 spiro atoms. The number of hydrogen-bond donors (Lipinski definition) is 3. The second-order valence-corrected chi connectivity index (χ2v) is 6.58. The van der Waals surface area contributed by atoms with Crippen LogP contribution in [0.25, 0.3) is 11.1 Å². The lowest BCUT2D eigenvalue weighted by molar-refractivity contribution is -0.132. The summed E-state index contributed by atoms with van der Waals surface area (Å²) in [6, 6.07) is 13.3. The first kappa shape index (κ1) is 18.1. The molecule has 2 aromatic carbocycles. The first-order valence-electron chi connectivity index (χ1n) is 8.64. The van der Waals surface area contributed by atoms with Gasteiger partial charge in [-0.05, 0) is 42.7 Å². The fraction of sp³-hybridized carbons (Fsp3) is 0.300. The molecule has 136 valence electrons. The Morgan fingerprint density at radius 2 is 1.92 bits per heavy atom. The summed E-state index contributed by atoms with van der Waals surface area (Å²) in [5.41, 5.74) is 2.65. The maximum atomic E-state index is 13.4. The van der Waals surface area contributed by atoms with Crippen molar-refractivity contribution in [2.75, 3.05) is 0 Å². The van der Waals surface area contributed by atoms with E-state index in [2.05, 4.69) is 16.0 Å². The predicted octanol–water partition coefficient (Wildman–Crippen LogP) is 2.49. The van der Waals surface area contributed by atoms with Gasteiger partial charge in [0.05, 0.1) is 24.7 Å². The zero-order valence-corrected chi connectivity index (χ0v) is 14.8. The molecule has 2 amide bonds. The summed E-state index contributed by atoms with van der Waals surface area (Å²) in [4.78, 5) is 24.0. The lowest BCUT2D eigenvalue weighted by atomic mass is 10.0. The second-order valence-electron chi connectivity index (χ2n) is 6.58. The molecule has 1 fully saturated rings. The van der Waals surface area contributed by atoms with Crippen LogP contribution in [-0.4, -0.2) is 24.0 Å². The number of hydrogen-bond acceptors (Lipinski definition) is 3. The molecule has 2 aromatic rings. The molecule has 0 saturated carbocycles. The molecule has 0 radical (unpaired) electrons. The van der Waals surface area contributed by atoms with E-state index in [1.165, 1.54) is 12.1 Å². The monoisotopic (exact) mass is 355 g/mol. The standard InChI is InChI=1S/C20H22FN3O2/c1-12(22-20(26)18-11-19(25)24-13(2)23-18)14-6-8-15(9-7-14)16-4-3-5-17(21)10-16/h3-10,12-13,18,23H,11H2,1-2H3,(H,22,26)(H,24,25)/t12-,13?,18?/m1/s1. The SMILES string of the molecule is CC1NC(=O)CC(C(=O)N[C@H](C)c2ccc(-c3cccc(F)c3)cc2)N1. The zero-order valence-electron chi connectivity index (χ0n) is 14.8. The van der Waals surface area contributed by atoms with Gasteiger partial charge in [-0.1, -0.05) is 36.4 Å². The van der Waals surface area contributed by atoms with E-state index in [-0.39, 0.29) is 36.3 Å². The molecule has 1 heterocycles. The van der Waals surface area contributed by atoms with Crippen LogP contribution >= 0.6 is 0 Å². The lowest BCUT2D eigenvalue weighted by Gasteiger charge is -2.29. The third-order valence-electron chi connectivity index (χ3n) is 4.46. The number of benzene rings is 2. The molecule has 0 bridgehead atoms. The van der Waals surface area contributed by atoms with Gasteiger partial charge in [-0.2, -0.15) is 0 Å². The Morgan fingerprint density at radius 1 is 1.19 bits per heavy atom. The van der Waals surface area contributed by atoms with Gasteiger partial charge in [0.2, 0.25) is 11.8 Å². The van der Waals surface area contributed by atoms with E-state index in [0.717, 1.165) is 16.7 Å². The van der Waals surface area contributed by atoms with Crippen molar-refractivity contribution in [3.63, 3.8) is 0 Å². The Kier molecular flexibility index (Phi) is 5.32. The maximum Gasteiger partial charge on any atom is 0.238 e. The summed E-state index contributed by atoms with van der Waals surface area (Å²) in [5.74, 6) is -0.609. The molecule has 5 nitrogen and oxygen atoms in total. The van der Waals surface area contributed by atoms with Crippen molar-refractivity contribution in [2.24, 2.45) is 0 Å². The summed E-state index contributed by atoms with van der Waals surface area (Å²) < 4.78 is 13.4. The molecule has 1 aliphatic rings. The van der Waals surface area contributed by atoms with Crippen LogP contribution in [0.5, 0.6) is 0 Å². The lowest BCUT2D eigenvalue weighted by Crippen LogP contribution is -2.59. The number of carbonyl (C=O) groups excluding carboxylic acids is 2. The first-order valence-corrected chi connectivity index (χ1v) is 8.64. The van der Waals surface area contributed by atoms with Gasteiger partial charge >= 0.3 is 0 Å². The van der Waals surface area contributed by atoms with Crippen LogP contribution in [0.2, 0.25) is 0 Å². The smallest absolute Gasteiger partial charge is 0.238 e. The van der Waals surface area contributed by atoms with Crippen LogP contribution in [0.3, 0.4) is 0 Å². The molecule has 1 aliphatic heterocycles. The van der Waals surface area contributed by atoms with Crippen molar-refractivity contribution < 1.29 is 14.0 Å². The Labute approximate surface area is 152 Å². The van der Waals surface area contributed by atoms with E-state index in [0.29, 0.717) is 0 Å². The summed E-state index contributed by atoms with van der Waals surface area (Å²) in [5, 5.41) is 8.71. The number of halogens is 1. The maximum absolute atomic E-state index is 13.4. The van der Waals surface area contributed by atoms with E-state index in [1.54, 1.807) is 13.0 Å². The van der Waals surface area contributed by atoms with Gasteiger partial charge in [-0.3, -0.25) is 14.9 Å². The fourth-order valence-electron chi connectivity index (χ4n) is 3.09. The van der Waals surface area contributed by atoms with Gasteiger partial charge in [-0.25, -0.2) is 4.39 Å². The minimum absolute atomic E-state index is 0.126. The predicted molar refractivity (Wildman–Crippen MR) is 97.5 cm³/mol. The molecule has 26 heavy (non-hydrogen) atoms. The molecule has 3 N–H and O–H groups in total. The summed E-state index contributed by atoms with van der Waals surface area (Å²) >= 11 is 0. The highest BCUT2D eigenvalue weighted by Crippen LogP contribution is 2.22. The minimum atomic E-state index is -0.534. The quantitative estimate of drug-likeness (QED) is 0.789. The van der Waals surface area contributed by atoms with Gasteiger partial charge in [0.25, 0.3) is 0 Å². The third-order valence-corrected chi connectivity index (χ3v) is 4.46. The van der Waals surface area contributed by atoms with Gasteiger partial charge in [0.15, 0.2) is 0 Å². The van der Waals surface area contributed by atoms with Crippen LogP contribution < -0.4 is 16.0 Å². The van der Waals surface area contributed by atoms with Crippen LogP contribution in [0.1, 0.15) is 31.9 Å². The largest absolute Gasteiger partial charge is 0.348 e. The van der Waals surface area contributed by atoms with Gasteiger partial charge in [0, 0.05) is 0 Å². The minimum Gasteiger partial charge on any atom is -0.348 e. The van der Waals surface area contributed by atoms with E-state index >= 15 is 0 Å². The highest BCUT2D eigenvalue weighted by molar-refractivity contribution is 5.89. The topological polar surface area (TPSA) is 70.2 Å². The van der Waals surface area contributed by atoms with Crippen molar-refractivity contribution in [3.8, 4) is 11.1 Å². The molecular formula is C20H22FN3O2. The fourth-order valence-corrected chi connectivity index (χ4v) is 3.09. The molecule has 6 heteroatoms. The average Bonchev–Trinajstić information content (AvgIpc) is 2.61. The molecule has 3 atom stereocenters. The Bertz CT molecular complexity index is 807. The summed E-state index contributed by atoms with van der Waals surface area (Å²) in [6.45, 7) is 3.69. The van der Waals surface area contributed by atoms with Crippen LogP contribution in [-0.2, 0) is 9.59 Å². The third kappa shape index (κ3) is 4.26. The van der Waals surface area contributed by atoms with Crippen LogP contribution in [0.4, 0.5) is 4.39 Å². The van der Waals surface area contributed by atoms with Crippen molar-refractivity contribution in [3.05, 3.63) is 59.9 Å². The van der Waals surface area contributed by atoms with Gasteiger partial charge in [-0.15, -0.1) is 0 Å². The van der Waals surface area contributed by atoms with E-state index < -0.39 is 6.04 Å². The van der Waals surface area contributed by atoms with Crippen molar-refractivity contribution in [1.29, 1.82) is 0 Å². The van der Waals surface area contributed by atoms with Crippen LogP contribution in [0, 0.1) is 5.82 Å². The first-order chi connectivity index (χ1) is 12.4. The highest BCUT2D eigenvalue weighted by atomic mass is 19.1. The average molecular weight is 355 g/mol. The zero-order chi connectivity index (χ0) is 18.7. The Balaban J connectivity index is 1.65. The van der Waals surface area contributed by atoms with E-state index in [1.807, 2.05) is 37.3 Å². The number of rotatable bonds is 4. The Morgan fingerprint density at radius 3 is 2.58 bits per heavy atom. The molecule has 0 aromatic heterocycles. The molecule has 0 aliphatic carbocycles.